The molecule has 0 heterocycles. The lowest BCUT2D eigenvalue weighted by Gasteiger charge is -2.30. The minimum Gasteiger partial charge on any atom is -0.480 e. The maximum absolute atomic E-state index is 11.8. The highest BCUT2D eigenvalue weighted by Gasteiger charge is 2.21. The molecule has 0 spiro atoms. The lowest BCUT2D eigenvalue weighted by atomic mass is 9.91. The van der Waals surface area contributed by atoms with Crippen LogP contribution in [0, 0.1) is 0 Å². The average Bonchev–Trinajstić information content (AvgIpc) is 2.92. The van der Waals surface area contributed by atoms with Gasteiger partial charge in [0, 0.05) is 18.6 Å². The Labute approximate surface area is 240 Å². The molecule has 1 atom stereocenters. The van der Waals surface area contributed by atoms with Crippen molar-refractivity contribution < 1.29 is 29.0 Å². The van der Waals surface area contributed by atoms with E-state index in [1.165, 1.54) is 64.2 Å². The van der Waals surface area contributed by atoms with Crippen LogP contribution in [0.15, 0.2) is 30.3 Å². The van der Waals surface area contributed by atoms with Gasteiger partial charge in [-0.15, -0.1) is 0 Å². The normalized spacial score (nSPS) is 17.1. The predicted molar refractivity (Wildman–Crippen MR) is 156 cm³/mol. The number of rotatable bonds is 11. The standard InChI is InChI=1S/C19H28N2O6.C12H23N/c1-19(2,3)27-17(24)20-12-8-7-11-15(16(22)23)21-18(25)26-13-14-9-5-4-6-10-14;1-3-7-11(8-4-1)13-12-9-5-2-6-10-12/h4-6,9-10,15H,7-8,11-13H2,1-3H3,(H,20,24)(H,21,25)(H,22,23);11-13H,1-10H2. The Balaban J connectivity index is 0.000000355. The van der Waals surface area contributed by atoms with E-state index in [1.807, 2.05) is 18.2 Å². The maximum atomic E-state index is 11.8. The Morgan fingerprint density at radius 2 is 1.45 bits per heavy atom. The molecule has 9 nitrogen and oxygen atoms in total. The lowest BCUT2D eigenvalue weighted by Crippen LogP contribution is -2.41. The van der Waals surface area contributed by atoms with E-state index < -0.39 is 29.8 Å². The fourth-order valence-corrected chi connectivity index (χ4v) is 5.01. The van der Waals surface area contributed by atoms with Crippen molar-refractivity contribution in [2.45, 2.75) is 135 Å². The first-order valence-corrected chi connectivity index (χ1v) is 15.1. The highest BCUT2D eigenvalue weighted by Crippen LogP contribution is 2.22. The molecule has 0 bridgehead atoms. The van der Waals surface area contributed by atoms with Gasteiger partial charge in [0.05, 0.1) is 0 Å². The zero-order chi connectivity index (χ0) is 29.2. The van der Waals surface area contributed by atoms with Crippen LogP contribution in [0.25, 0.3) is 0 Å². The van der Waals surface area contributed by atoms with Crippen molar-refractivity contribution in [1.29, 1.82) is 0 Å². The second-order valence-corrected chi connectivity index (χ2v) is 11.9. The molecule has 1 aromatic rings. The second-order valence-electron chi connectivity index (χ2n) is 11.9. The van der Waals surface area contributed by atoms with Crippen LogP contribution in [0.3, 0.4) is 0 Å². The number of carboxylic acids is 1. The first-order valence-electron chi connectivity index (χ1n) is 15.1. The summed E-state index contributed by atoms with van der Waals surface area (Å²) in [6.07, 6.45) is 14.6. The van der Waals surface area contributed by atoms with Crippen molar-refractivity contribution in [3.8, 4) is 0 Å². The number of carbonyl (C=O) groups is 3. The predicted octanol–water partition coefficient (Wildman–Crippen LogP) is 6.30. The van der Waals surface area contributed by atoms with E-state index in [0.29, 0.717) is 19.4 Å². The molecular weight excluding hydrogens is 510 g/mol. The Bertz CT molecular complexity index is 846. The third-order valence-corrected chi connectivity index (χ3v) is 7.07. The van der Waals surface area contributed by atoms with E-state index in [9.17, 15) is 19.5 Å². The summed E-state index contributed by atoms with van der Waals surface area (Å²) in [7, 11) is 0. The molecule has 1 aromatic carbocycles. The highest BCUT2D eigenvalue weighted by atomic mass is 16.6. The van der Waals surface area contributed by atoms with Gasteiger partial charge in [-0.3, -0.25) is 0 Å². The van der Waals surface area contributed by atoms with Crippen LogP contribution in [0.5, 0.6) is 0 Å². The fourth-order valence-electron chi connectivity index (χ4n) is 5.01. The molecule has 1 unspecified atom stereocenters. The highest BCUT2D eigenvalue weighted by molar-refractivity contribution is 5.79. The van der Waals surface area contributed by atoms with Gasteiger partial charge in [-0.05, 0) is 71.3 Å². The van der Waals surface area contributed by atoms with Gasteiger partial charge >= 0.3 is 18.2 Å². The Kier molecular flexibility index (Phi) is 15.5. The molecule has 9 heteroatoms. The Morgan fingerprint density at radius 1 is 0.875 bits per heavy atom. The third kappa shape index (κ3) is 15.7. The van der Waals surface area contributed by atoms with Crippen LogP contribution in [0.2, 0.25) is 0 Å². The molecule has 2 aliphatic carbocycles. The van der Waals surface area contributed by atoms with Gasteiger partial charge in [-0.1, -0.05) is 68.9 Å². The van der Waals surface area contributed by atoms with Crippen molar-refractivity contribution in [1.82, 2.24) is 16.0 Å². The van der Waals surface area contributed by atoms with Crippen molar-refractivity contribution in [2.24, 2.45) is 0 Å². The van der Waals surface area contributed by atoms with E-state index in [4.69, 9.17) is 9.47 Å². The number of unbranched alkanes of at least 4 members (excludes halogenated alkanes) is 1. The summed E-state index contributed by atoms with van der Waals surface area (Å²) >= 11 is 0. The fraction of sp³-hybridized carbons (Fsp3) is 0.710. The Hall–Kier alpha value is -2.81. The van der Waals surface area contributed by atoms with Crippen LogP contribution in [-0.2, 0) is 20.9 Å². The zero-order valence-corrected chi connectivity index (χ0v) is 24.7. The van der Waals surface area contributed by atoms with Gasteiger partial charge < -0.3 is 30.5 Å². The molecule has 2 saturated carbocycles. The minimum absolute atomic E-state index is 0.0683. The molecule has 226 valence electrons. The first-order chi connectivity index (χ1) is 19.1. The number of amides is 2. The monoisotopic (exact) mass is 561 g/mol. The number of carboxylic acid groups (broad SMARTS) is 1. The summed E-state index contributed by atoms with van der Waals surface area (Å²) in [6.45, 7) is 5.74. The quantitative estimate of drug-likeness (QED) is 0.234. The molecule has 4 N–H and O–H groups in total. The van der Waals surface area contributed by atoms with Gasteiger partial charge in [-0.2, -0.15) is 0 Å². The van der Waals surface area contributed by atoms with Crippen molar-refractivity contribution >= 4 is 18.2 Å². The third-order valence-electron chi connectivity index (χ3n) is 7.07. The number of benzene rings is 1. The number of hydrogen-bond acceptors (Lipinski definition) is 6. The van der Waals surface area contributed by atoms with Crippen LogP contribution < -0.4 is 16.0 Å². The van der Waals surface area contributed by atoms with Crippen LogP contribution in [0.1, 0.15) is 110 Å². The smallest absolute Gasteiger partial charge is 0.408 e. The van der Waals surface area contributed by atoms with E-state index >= 15 is 0 Å². The van der Waals surface area contributed by atoms with Crippen molar-refractivity contribution in [3.63, 3.8) is 0 Å². The molecule has 0 radical (unpaired) electrons. The van der Waals surface area contributed by atoms with Gasteiger partial charge in [0.15, 0.2) is 0 Å². The molecular formula is C31H51N3O6. The number of carbonyl (C=O) groups excluding carboxylic acids is 2. The van der Waals surface area contributed by atoms with Crippen molar-refractivity contribution in [2.75, 3.05) is 6.54 Å². The van der Waals surface area contributed by atoms with E-state index in [0.717, 1.165) is 17.6 Å². The van der Waals surface area contributed by atoms with Crippen molar-refractivity contribution in [3.05, 3.63) is 35.9 Å². The topological polar surface area (TPSA) is 126 Å². The molecule has 2 aliphatic rings. The van der Waals surface area contributed by atoms with E-state index in [2.05, 4.69) is 16.0 Å². The zero-order valence-electron chi connectivity index (χ0n) is 24.7. The van der Waals surface area contributed by atoms with Crippen LogP contribution in [-0.4, -0.2) is 53.5 Å². The summed E-state index contributed by atoms with van der Waals surface area (Å²) in [5, 5.41) is 18.0. The largest absolute Gasteiger partial charge is 0.480 e. The number of hydrogen-bond donors (Lipinski definition) is 4. The molecule has 2 amide bonds. The van der Waals surface area contributed by atoms with Crippen LogP contribution in [0.4, 0.5) is 9.59 Å². The number of alkyl carbamates (subject to hydrolysis) is 2. The summed E-state index contributed by atoms with van der Waals surface area (Å²) in [5.41, 5.74) is 0.246. The average molecular weight is 562 g/mol. The summed E-state index contributed by atoms with van der Waals surface area (Å²) in [6, 6.07) is 9.80. The summed E-state index contributed by atoms with van der Waals surface area (Å²) in [4.78, 5) is 34.5. The van der Waals surface area contributed by atoms with Gasteiger partial charge in [0.25, 0.3) is 0 Å². The molecule has 3 rings (SSSR count). The van der Waals surface area contributed by atoms with Crippen LogP contribution >= 0.6 is 0 Å². The number of aliphatic carboxylic acids is 1. The second kappa shape index (κ2) is 18.5. The SMILES string of the molecule is C1CCC(NC2CCCCC2)CC1.CC(C)(C)OC(=O)NCCCCC(NC(=O)OCc1ccccc1)C(=O)O. The summed E-state index contributed by atoms with van der Waals surface area (Å²) in [5.74, 6) is -1.13. The van der Waals surface area contributed by atoms with E-state index in [1.54, 1.807) is 32.9 Å². The van der Waals surface area contributed by atoms with Gasteiger partial charge in [0.1, 0.15) is 18.2 Å². The van der Waals surface area contributed by atoms with E-state index in [-0.39, 0.29) is 13.0 Å². The Morgan fingerprint density at radius 3 is 1.98 bits per heavy atom. The first kappa shape index (κ1) is 33.4. The maximum Gasteiger partial charge on any atom is 0.408 e. The molecule has 40 heavy (non-hydrogen) atoms. The van der Waals surface area contributed by atoms with Gasteiger partial charge in [0.2, 0.25) is 0 Å². The molecule has 2 fully saturated rings. The number of nitrogens with one attached hydrogen (secondary N) is 3. The summed E-state index contributed by atoms with van der Waals surface area (Å²) < 4.78 is 10.1. The molecule has 0 aliphatic heterocycles. The minimum atomic E-state index is -1.13. The molecule has 0 saturated heterocycles. The lowest BCUT2D eigenvalue weighted by molar-refractivity contribution is -0.139. The molecule has 0 aromatic heterocycles. The number of ether oxygens (including phenoxy) is 2. The van der Waals surface area contributed by atoms with Gasteiger partial charge in [-0.25, -0.2) is 14.4 Å².